The van der Waals surface area contributed by atoms with Crippen molar-refractivity contribution >= 4 is 34.6 Å². The zero-order chi connectivity index (χ0) is 8.97. The van der Waals surface area contributed by atoms with E-state index in [1.54, 1.807) is 17.4 Å². The molecule has 0 saturated carbocycles. The zero-order valence-electron chi connectivity index (χ0n) is 6.15. The van der Waals surface area contributed by atoms with Gasteiger partial charge in [-0.1, -0.05) is 12.2 Å². The Morgan fingerprint density at radius 2 is 2.50 bits per heavy atom. The highest BCUT2D eigenvalue weighted by Gasteiger charge is 1.98. The maximum absolute atomic E-state index is 8.61. The molecule has 0 aliphatic heterocycles. The van der Waals surface area contributed by atoms with Crippen molar-refractivity contribution in [3.63, 3.8) is 0 Å². The van der Waals surface area contributed by atoms with Gasteiger partial charge in [0.15, 0.2) is 0 Å². The largest absolute Gasteiger partial charge is 0.389 e. The van der Waals surface area contributed by atoms with Crippen molar-refractivity contribution in [1.82, 2.24) is 0 Å². The lowest BCUT2D eigenvalue weighted by Gasteiger charge is -1.91. The Bertz CT molecular complexity index is 344. The Labute approximate surface area is 79.9 Å². The van der Waals surface area contributed by atoms with Gasteiger partial charge in [0.25, 0.3) is 0 Å². The average molecular weight is 194 g/mol. The van der Waals surface area contributed by atoms with Crippen LogP contribution in [0.3, 0.4) is 0 Å². The molecule has 0 aliphatic rings. The summed E-state index contributed by atoms with van der Waals surface area (Å²) in [6, 6.07) is 3.84. The molecule has 12 heavy (non-hydrogen) atoms. The summed E-state index contributed by atoms with van der Waals surface area (Å²) in [5.74, 6) is 0. The van der Waals surface area contributed by atoms with E-state index in [1.807, 2.05) is 22.9 Å². The van der Waals surface area contributed by atoms with Crippen LogP contribution in [0, 0.1) is 11.3 Å². The number of hydrogen-bond donors (Lipinski definition) is 1. The van der Waals surface area contributed by atoms with Gasteiger partial charge in [-0.3, -0.25) is 0 Å². The third-order valence-electron chi connectivity index (χ3n) is 1.24. The molecule has 0 unspecified atom stereocenters. The molecule has 0 fully saturated rings. The predicted octanol–water partition coefficient (Wildman–Crippen LogP) is 1.94. The molecule has 0 spiro atoms. The van der Waals surface area contributed by atoms with Gasteiger partial charge in [-0.05, 0) is 28.5 Å². The van der Waals surface area contributed by atoms with Crippen LogP contribution in [0.2, 0.25) is 0 Å². The Morgan fingerprint density at radius 3 is 2.92 bits per heavy atom. The lowest BCUT2D eigenvalue weighted by atomic mass is 10.2. The van der Waals surface area contributed by atoms with Crippen molar-refractivity contribution in [3.8, 4) is 6.07 Å². The van der Waals surface area contributed by atoms with E-state index in [4.69, 9.17) is 11.0 Å². The zero-order valence-corrected chi connectivity index (χ0v) is 7.78. The number of nitrogens with two attached hydrogens (primary N) is 1. The Balaban J connectivity index is 2.95. The summed E-state index contributed by atoms with van der Waals surface area (Å²) in [5.41, 5.74) is 6.62. The standard InChI is InChI=1S/C8H6N2S2/c9-4-7(8(10)11)3-6-1-2-12-5-6/h1-3,5H,(H2,10,11). The highest BCUT2D eigenvalue weighted by molar-refractivity contribution is 7.80. The van der Waals surface area contributed by atoms with E-state index in [0.717, 1.165) is 5.56 Å². The molecule has 0 atom stereocenters. The van der Waals surface area contributed by atoms with Crippen LogP contribution in [0.5, 0.6) is 0 Å². The van der Waals surface area contributed by atoms with Crippen LogP contribution < -0.4 is 5.73 Å². The van der Waals surface area contributed by atoms with Gasteiger partial charge in [-0.2, -0.15) is 16.6 Å². The van der Waals surface area contributed by atoms with Gasteiger partial charge in [0.05, 0.1) is 5.57 Å². The number of nitriles is 1. The van der Waals surface area contributed by atoms with E-state index in [1.165, 1.54) is 0 Å². The number of thiophene rings is 1. The molecule has 60 valence electrons. The van der Waals surface area contributed by atoms with Crippen molar-refractivity contribution in [2.24, 2.45) is 5.73 Å². The van der Waals surface area contributed by atoms with E-state index in [9.17, 15) is 0 Å². The first-order valence-corrected chi connectivity index (χ1v) is 4.53. The number of rotatable bonds is 2. The van der Waals surface area contributed by atoms with Crippen molar-refractivity contribution in [3.05, 3.63) is 28.0 Å². The van der Waals surface area contributed by atoms with Crippen LogP contribution in [0.1, 0.15) is 5.56 Å². The second-order valence-corrected chi connectivity index (χ2v) is 3.31. The molecule has 1 rings (SSSR count). The molecule has 0 bridgehead atoms. The summed E-state index contributed by atoms with van der Waals surface area (Å²) in [6.45, 7) is 0. The van der Waals surface area contributed by atoms with E-state index in [-0.39, 0.29) is 4.99 Å². The minimum atomic E-state index is 0.142. The first-order valence-electron chi connectivity index (χ1n) is 3.18. The topological polar surface area (TPSA) is 49.8 Å². The van der Waals surface area contributed by atoms with Crippen LogP contribution in [0.15, 0.2) is 22.4 Å². The molecule has 1 aromatic heterocycles. The minimum absolute atomic E-state index is 0.142. The van der Waals surface area contributed by atoms with Gasteiger partial charge in [0, 0.05) is 0 Å². The molecule has 0 amide bonds. The smallest absolute Gasteiger partial charge is 0.114 e. The fourth-order valence-electron chi connectivity index (χ4n) is 0.682. The Morgan fingerprint density at radius 1 is 1.75 bits per heavy atom. The molecule has 1 heterocycles. The first-order chi connectivity index (χ1) is 5.74. The summed E-state index contributed by atoms with van der Waals surface area (Å²) in [4.78, 5) is 0.142. The summed E-state index contributed by atoms with van der Waals surface area (Å²) in [5, 5.41) is 12.5. The van der Waals surface area contributed by atoms with E-state index < -0.39 is 0 Å². The van der Waals surface area contributed by atoms with Gasteiger partial charge in [0.1, 0.15) is 11.1 Å². The molecule has 0 aromatic carbocycles. The third-order valence-corrected chi connectivity index (χ3v) is 2.16. The van der Waals surface area contributed by atoms with E-state index in [0.29, 0.717) is 5.57 Å². The SMILES string of the molecule is N#CC(=Cc1ccsc1)C(N)=S. The Kier molecular flexibility index (Phi) is 2.97. The Hall–Kier alpha value is -1.18. The van der Waals surface area contributed by atoms with Gasteiger partial charge in [0.2, 0.25) is 0 Å². The maximum Gasteiger partial charge on any atom is 0.114 e. The monoisotopic (exact) mass is 194 g/mol. The van der Waals surface area contributed by atoms with Crippen LogP contribution in [-0.4, -0.2) is 4.99 Å². The van der Waals surface area contributed by atoms with Crippen LogP contribution >= 0.6 is 23.6 Å². The number of hydrogen-bond acceptors (Lipinski definition) is 3. The summed E-state index contributed by atoms with van der Waals surface area (Å²) in [6.07, 6.45) is 1.68. The van der Waals surface area contributed by atoms with Gasteiger partial charge in [-0.15, -0.1) is 0 Å². The molecule has 4 heteroatoms. The average Bonchev–Trinajstić information content (AvgIpc) is 2.51. The van der Waals surface area contributed by atoms with Crippen molar-refractivity contribution < 1.29 is 0 Å². The number of thiocarbonyl (C=S) groups is 1. The molecular weight excluding hydrogens is 188 g/mol. The summed E-state index contributed by atoms with van der Waals surface area (Å²) < 4.78 is 0. The van der Waals surface area contributed by atoms with Crippen LogP contribution in [-0.2, 0) is 0 Å². The van der Waals surface area contributed by atoms with Crippen molar-refractivity contribution in [2.45, 2.75) is 0 Å². The summed E-state index contributed by atoms with van der Waals surface area (Å²) >= 11 is 6.25. The second-order valence-electron chi connectivity index (χ2n) is 2.09. The lowest BCUT2D eigenvalue weighted by molar-refractivity contribution is 1.51. The highest BCUT2D eigenvalue weighted by atomic mass is 32.1. The second kappa shape index (κ2) is 4.00. The first kappa shape index (κ1) is 8.91. The third kappa shape index (κ3) is 2.16. The molecule has 0 aliphatic carbocycles. The maximum atomic E-state index is 8.61. The molecular formula is C8H6N2S2. The molecule has 0 radical (unpaired) electrons. The number of nitrogens with zero attached hydrogens (tertiary/aromatic N) is 1. The summed E-state index contributed by atoms with van der Waals surface area (Å²) in [7, 11) is 0. The van der Waals surface area contributed by atoms with Gasteiger partial charge in [-0.25, -0.2) is 0 Å². The predicted molar refractivity (Wildman–Crippen MR) is 54.7 cm³/mol. The fraction of sp³-hybridized carbons (Fsp3) is 0. The quantitative estimate of drug-likeness (QED) is 0.444. The molecule has 2 N–H and O–H groups in total. The molecule has 1 aromatic rings. The van der Waals surface area contributed by atoms with Gasteiger partial charge < -0.3 is 5.73 Å². The minimum Gasteiger partial charge on any atom is -0.389 e. The van der Waals surface area contributed by atoms with E-state index in [2.05, 4.69) is 12.2 Å². The van der Waals surface area contributed by atoms with Crippen molar-refractivity contribution in [1.29, 1.82) is 5.26 Å². The molecule has 2 nitrogen and oxygen atoms in total. The lowest BCUT2D eigenvalue weighted by Crippen LogP contribution is -2.09. The van der Waals surface area contributed by atoms with Gasteiger partial charge >= 0.3 is 0 Å². The van der Waals surface area contributed by atoms with Crippen molar-refractivity contribution in [2.75, 3.05) is 0 Å². The normalized spacial score (nSPS) is 10.8. The van der Waals surface area contributed by atoms with Crippen LogP contribution in [0.25, 0.3) is 6.08 Å². The fourth-order valence-corrected chi connectivity index (χ4v) is 1.40. The van der Waals surface area contributed by atoms with E-state index >= 15 is 0 Å². The van der Waals surface area contributed by atoms with Crippen LogP contribution in [0.4, 0.5) is 0 Å². The molecule has 0 saturated heterocycles. The highest BCUT2D eigenvalue weighted by Crippen LogP contribution is 2.10.